The zero-order valence-electron chi connectivity index (χ0n) is 26.7. The summed E-state index contributed by atoms with van der Waals surface area (Å²) in [7, 11) is 0. The van der Waals surface area contributed by atoms with Gasteiger partial charge >= 0.3 is 0 Å². The van der Waals surface area contributed by atoms with Crippen LogP contribution in [0.25, 0.3) is 110 Å². The third-order valence-electron chi connectivity index (χ3n) is 10.8. The van der Waals surface area contributed by atoms with Gasteiger partial charge in [-0.3, -0.25) is 0 Å². The Labute approximate surface area is 289 Å². The Bertz CT molecular complexity index is 3190. The van der Waals surface area contributed by atoms with Gasteiger partial charge in [0.1, 0.15) is 33.5 Å². The van der Waals surface area contributed by atoms with Crippen molar-refractivity contribution in [2.75, 3.05) is 5.75 Å². The molecule has 0 spiro atoms. The first kappa shape index (κ1) is 26.9. The molecular weight excluding hydrogens is 633 g/mol. The zero-order chi connectivity index (χ0) is 32.5. The lowest BCUT2D eigenvalue weighted by atomic mass is 9.85. The van der Waals surface area contributed by atoms with Crippen molar-refractivity contribution < 1.29 is 13.3 Å². The Kier molecular flexibility index (Phi) is 5.28. The first-order valence-corrected chi connectivity index (χ1v) is 18.1. The maximum Gasteiger partial charge on any atom is 0.147 e. The van der Waals surface area contributed by atoms with Crippen LogP contribution in [0.3, 0.4) is 0 Å². The van der Waals surface area contributed by atoms with E-state index < -0.39 is 0 Å². The van der Waals surface area contributed by atoms with Crippen molar-refractivity contribution in [1.29, 1.82) is 0 Å². The van der Waals surface area contributed by atoms with Gasteiger partial charge in [-0.15, -0.1) is 11.8 Å². The normalized spacial score (nSPS) is 13.4. The molecular formula is C46H26O3S. The summed E-state index contributed by atoms with van der Waals surface area (Å²) in [5.41, 5.74) is 11.5. The second-order valence-electron chi connectivity index (χ2n) is 13.4. The van der Waals surface area contributed by atoms with E-state index in [0.29, 0.717) is 0 Å². The number of fused-ring (bicyclic) bond motifs is 13. The minimum atomic E-state index is 0.832. The van der Waals surface area contributed by atoms with Gasteiger partial charge in [0.15, 0.2) is 0 Å². The van der Waals surface area contributed by atoms with E-state index in [9.17, 15) is 0 Å². The Morgan fingerprint density at radius 1 is 0.420 bits per heavy atom. The summed E-state index contributed by atoms with van der Waals surface area (Å²) in [5, 5.41) is 11.5. The van der Waals surface area contributed by atoms with Crippen LogP contribution in [0.15, 0.2) is 152 Å². The first-order chi connectivity index (χ1) is 24.8. The topological polar surface area (TPSA) is 39.4 Å². The molecule has 0 bridgehead atoms. The van der Waals surface area contributed by atoms with Crippen molar-refractivity contribution in [3.63, 3.8) is 0 Å². The van der Waals surface area contributed by atoms with E-state index in [0.717, 1.165) is 72.8 Å². The van der Waals surface area contributed by atoms with Crippen LogP contribution in [0.1, 0.15) is 5.56 Å². The molecule has 3 aromatic heterocycles. The smallest absolute Gasteiger partial charge is 0.147 e. The molecule has 1 aliphatic rings. The van der Waals surface area contributed by atoms with E-state index in [-0.39, 0.29) is 0 Å². The van der Waals surface area contributed by atoms with Crippen LogP contribution >= 0.6 is 11.8 Å². The number of para-hydroxylation sites is 1. The molecule has 11 aromatic rings. The van der Waals surface area contributed by atoms with Gasteiger partial charge in [0.05, 0.1) is 5.39 Å². The van der Waals surface area contributed by atoms with Crippen molar-refractivity contribution in [2.45, 2.75) is 11.3 Å². The maximum absolute atomic E-state index is 6.58. The molecule has 0 fully saturated rings. The predicted octanol–water partition coefficient (Wildman–Crippen LogP) is 13.7. The van der Waals surface area contributed by atoms with E-state index in [1.807, 2.05) is 23.9 Å². The van der Waals surface area contributed by atoms with Gasteiger partial charge in [0, 0.05) is 37.6 Å². The molecule has 4 heteroatoms. The molecule has 0 amide bonds. The minimum Gasteiger partial charge on any atom is -0.456 e. The summed E-state index contributed by atoms with van der Waals surface area (Å²) < 4.78 is 19.5. The highest BCUT2D eigenvalue weighted by atomic mass is 32.2. The Hall–Kier alpha value is -5.97. The van der Waals surface area contributed by atoms with Gasteiger partial charge < -0.3 is 13.3 Å². The van der Waals surface area contributed by atoms with Gasteiger partial charge in [-0.1, -0.05) is 84.9 Å². The lowest BCUT2D eigenvalue weighted by Gasteiger charge is -2.18. The van der Waals surface area contributed by atoms with E-state index in [2.05, 4.69) is 121 Å². The molecule has 8 aromatic carbocycles. The summed E-state index contributed by atoms with van der Waals surface area (Å²) in [6.45, 7) is 0. The summed E-state index contributed by atoms with van der Waals surface area (Å²) in [5.74, 6) is 1.13. The highest BCUT2D eigenvalue weighted by Crippen LogP contribution is 2.49. The van der Waals surface area contributed by atoms with Crippen LogP contribution in [0.2, 0.25) is 0 Å². The van der Waals surface area contributed by atoms with Crippen LogP contribution in [-0.2, 0) is 6.42 Å². The summed E-state index contributed by atoms with van der Waals surface area (Å²) in [4.78, 5) is 1.38. The quantitative estimate of drug-likeness (QED) is 0.173. The number of benzene rings is 8. The largest absolute Gasteiger partial charge is 0.456 e. The molecule has 234 valence electrons. The van der Waals surface area contributed by atoms with E-state index in [1.165, 1.54) is 59.5 Å². The number of aryl methyl sites for hydroxylation is 1. The Balaban J connectivity index is 1.14. The van der Waals surface area contributed by atoms with Crippen LogP contribution in [0, 0.1) is 0 Å². The molecule has 0 aliphatic carbocycles. The molecule has 4 heterocycles. The third kappa shape index (κ3) is 3.56. The molecule has 0 N–H and O–H groups in total. The molecule has 0 radical (unpaired) electrons. The van der Waals surface area contributed by atoms with Crippen LogP contribution < -0.4 is 0 Å². The molecule has 1 aliphatic heterocycles. The van der Waals surface area contributed by atoms with Crippen LogP contribution in [-0.4, -0.2) is 5.75 Å². The molecule has 0 atom stereocenters. The predicted molar refractivity (Wildman–Crippen MR) is 209 cm³/mol. The van der Waals surface area contributed by atoms with Crippen molar-refractivity contribution in [3.8, 4) is 22.3 Å². The van der Waals surface area contributed by atoms with Gasteiger partial charge in [-0.2, -0.15) is 0 Å². The van der Waals surface area contributed by atoms with E-state index >= 15 is 0 Å². The van der Waals surface area contributed by atoms with Gasteiger partial charge in [0.2, 0.25) is 0 Å². The van der Waals surface area contributed by atoms with Gasteiger partial charge in [0.25, 0.3) is 0 Å². The number of furan rings is 3. The number of hydrogen-bond donors (Lipinski definition) is 0. The second-order valence-corrected chi connectivity index (χ2v) is 14.5. The average Bonchev–Trinajstić information content (AvgIpc) is 3.94. The second kappa shape index (κ2) is 9.81. The fourth-order valence-electron chi connectivity index (χ4n) is 8.63. The summed E-state index contributed by atoms with van der Waals surface area (Å²) >= 11 is 1.95. The van der Waals surface area contributed by atoms with Crippen LogP contribution in [0.4, 0.5) is 0 Å². The van der Waals surface area contributed by atoms with Gasteiger partial charge in [-0.05, 0) is 104 Å². The van der Waals surface area contributed by atoms with Crippen LogP contribution in [0.5, 0.6) is 0 Å². The van der Waals surface area contributed by atoms with E-state index in [4.69, 9.17) is 13.3 Å². The Morgan fingerprint density at radius 2 is 1.08 bits per heavy atom. The maximum atomic E-state index is 6.58. The standard InChI is InChI=1S/C46H26O3S/c1-3-11-30-28(9-1)42(26-16-17-33-39(23-26)48-38-19-18-32-27-8-5-6-14-36(27)49-46(32)45(33)38)29-10-2-4-12-31(29)43(30)34-13-7-15-37-44(34)35-24-41-25(20-21-50-41)22-40(35)47-37/h1-19,22-24H,20-21H2. The van der Waals surface area contributed by atoms with Crippen molar-refractivity contribution in [3.05, 3.63) is 139 Å². The van der Waals surface area contributed by atoms with Crippen molar-refractivity contribution in [1.82, 2.24) is 0 Å². The third-order valence-corrected chi connectivity index (χ3v) is 11.9. The SMILES string of the molecule is c1ccc2c(c1)oc1c2ccc2oc3cc(-c4c5ccccc5c(-c5cccc6oc7cc8c(cc7c56)SCC8)c5ccccc45)ccc3c21. The van der Waals surface area contributed by atoms with E-state index in [1.54, 1.807) is 0 Å². The lowest BCUT2D eigenvalue weighted by Crippen LogP contribution is -1.91. The lowest BCUT2D eigenvalue weighted by molar-refractivity contribution is 0.663. The highest BCUT2D eigenvalue weighted by Gasteiger charge is 2.23. The fraction of sp³-hybridized carbons (Fsp3) is 0.0435. The summed E-state index contributed by atoms with van der Waals surface area (Å²) in [6.07, 6.45) is 1.10. The minimum absolute atomic E-state index is 0.832. The summed E-state index contributed by atoms with van der Waals surface area (Å²) in [6, 6.07) is 47.9. The number of hydrogen-bond acceptors (Lipinski definition) is 4. The van der Waals surface area contributed by atoms with Crippen molar-refractivity contribution in [2.24, 2.45) is 0 Å². The highest BCUT2D eigenvalue weighted by molar-refractivity contribution is 7.99. The fourth-order valence-corrected chi connectivity index (χ4v) is 9.72. The molecule has 50 heavy (non-hydrogen) atoms. The molecule has 0 saturated carbocycles. The monoisotopic (exact) mass is 658 g/mol. The number of rotatable bonds is 2. The molecule has 3 nitrogen and oxygen atoms in total. The molecule has 12 rings (SSSR count). The van der Waals surface area contributed by atoms with Gasteiger partial charge in [-0.25, -0.2) is 0 Å². The molecule has 0 unspecified atom stereocenters. The average molecular weight is 659 g/mol. The zero-order valence-corrected chi connectivity index (χ0v) is 27.6. The first-order valence-electron chi connectivity index (χ1n) is 17.1. The Morgan fingerprint density at radius 3 is 1.88 bits per heavy atom. The number of thioether (sulfide) groups is 1. The van der Waals surface area contributed by atoms with Crippen molar-refractivity contribution >= 4 is 99.1 Å². The molecule has 0 saturated heterocycles.